The number of hydrogen-bond donors (Lipinski definition) is 2. The lowest BCUT2D eigenvalue weighted by molar-refractivity contribution is 0.0276. The van der Waals surface area contributed by atoms with Crippen LogP contribution in [0.5, 0.6) is 0 Å². The van der Waals surface area contributed by atoms with Gasteiger partial charge in [-0.1, -0.05) is 0 Å². The van der Waals surface area contributed by atoms with Gasteiger partial charge in [0.25, 0.3) is 0 Å². The van der Waals surface area contributed by atoms with Gasteiger partial charge in [-0.15, -0.1) is 0 Å². The third kappa shape index (κ3) is 2.09. The highest BCUT2D eigenvalue weighted by molar-refractivity contribution is 5.66. The van der Waals surface area contributed by atoms with Crippen molar-refractivity contribution in [2.75, 3.05) is 36.9 Å². The van der Waals surface area contributed by atoms with Crippen LogP contribution in [0.1, 0.15) is 18.4 Å². The molecule has 1 aromatic heterocycles. The minimum atomic E-state index is 0.326. The molecule has 2 aliphatic rings. The zero-order valence-electron chi connectivity index (χ0n) is 10.3. The fraction of sp³-hybridized carbons (Fsp3) is 0.615. The molecule has 0 aromatic carbocycles. The van der Waals surface area contributed by atoms with Gasteiger partial charge in [0.15, 0.2) is 0 Å². The maximum Gasteiger partial charge on any atom is 0.149 e. The lowest BCUT2D eigenvalue weighted by atomic mass is 9.80. The third-order valence-corrected chi connectivity index (χ3v) is 3.86. The average Bonchev–Trinajstić information content (AvgIpc) is 2.52. The molecule has 2 aliphatic heterocycles. The van der Waals surface area contributed by atoms with Gasteiger partial charge in [0.1, 0.15) is 5.82 Å². The van der Waals surface area contributed by atoms with Crippen LogP contribution in [0.2, 0.25) is 0 Å². The molecule has 0 atom stereocenters. The summed E-state index contributed by atoms with van der Waals surface area (Å²) in [4.78, 5) is 4.45. The quantitative estimate of drug-likeness (QED) is 0.719. The smallest absolute Gasteiger partial charge is 0.149 e. The lowest BCUT2D eigenvalue weighted by Gasteiger charge is -2.36. The van der Waals surface area contributed by atoms with Gasteiger partial charge in [-0.3, -0.25) is 0 Å². The molecular formula is C13H19N3O. The summed E-state index contributed by atoms with van der Waals surface area (Å²) in [5, 5.41) is 7.03. The van der Waals surface area contributed by atoms with Crippen LogP contribution >= 0.6 is 0 Å². The van der Waals surface area contributed by atoms with Crippen LogP contribution in [0.15, 0.2) is 12.3 Å². The Morgan fingerprint density at radius 3 is 2.82 bits per heavy atom. The first kappa shape index (κ1) is 10.8. The van der Waals surface area contributed by atoms with E-state index in [-0.39, 0.29) is 0 Å². The van der Waals surface area contributed by atoms with Gasteiger partial charge in [0.05, 0.1) is 5.69 Å². The van der Waals surface area contributed by atoms with Crippen LogP contribution in [0.4, 0.5) is 11.5 Å². The molecule has 1 saturated heterocycles. The molecule has 0 amide bonds. The number of aryl methyl sites for hydroxylation is 1. The number of ether oxygens (including phenoxy) is 1. The van der Waals surface area contributed by atoms with Crippen molar-refractivity contribution in [3.8, 4) is 0 Å². The lowest BCUT2D eigenvalue weighted by Crippen LogP contribution is -2.40. The van der Waals surface area contributed by atoms with E-state index in [0.717, 1.165) is 50.7 Å². The maximum absolute atomic E-state index is 5.46. The first-order valence-corrected chi connectivity index (χ1v) is 6.30. The number of anilines is 2. The van der Waals surface area contributed by atoms with E-state index in [4.69, 9.17) is 4.74 Å². The Kier molecular flexibility index (Phi) is 2.67. The number of pyridine rings is 1. The molecule has 3 heterocycles. The van der Waals surface area contributed by atoms with Crippen LogP contribution in [0.3, 0.4) is 0 Å². The highest BCUT2D eigenvalue weighted by atomic mass is 16.5. The molecule has 2 N–H and O–H groups in total. The molecule has 0 bridgehead atoms. The Labute approximate surface area is 102 Å². The molecule has 4 heteroatoms. The van der Waals surface area contributed by atoms with Crippen LogP contribution < -0.4 is 10.6 Å². The van der Waals surface area contributed by atoms with Crippen LogP contribution in [-0.4, -0.2) is 31.3 Å². The summed E-state index contributed by atoms with van der Waals surface area (Å²) in [6.45, 7) is 5.84. The largest absolute Gasteiger partial charge is 0.381 e. The Morgan fingerprint density at radius 1 is 1.24 bits per heavy atom. The first-order valence-electron chi connectivity index (χ1n) is 6.30. The highest BCUT2D eigenvalue weighted by Gasteiger charge is 2.34. The molecular weight excluding hydrogens is 214 g/mol. The second kappa shape index (κ2) is 4.18. The standard InChI is InChI=1S/C13H19N3O/c1-10-6-11-12(14-7-10)16-9-13(8-15-11)2-4-17-5-3-13/h6-7,15H,2-5,8-9H2,1H3,(H,14,16). The molecule has 1 aromatic rings. The van der Waals surface area contributed by atoms with Gasteiger partial charge in [0, 0.05) is 37.9 Å². The topological polar surface area (TPSA) is 46.2 Å². The van der Waals surface area contributed by atoms with E-state index in [0.29, 0.717) is 5.41 Å². The molecule has 1 fully saturated rings. The second-order valence-electron chi connectivity index (χ2n) is 5.23. The van der Waals surface area contributed by atoms with Crippen LogP contribution in [0.25, 0.3) is 0 Å². The molecule has 3 rings (SSSR count). The SMILES string of the molecule is Cc1cnc2c(c1)NCC1(CCOCC1)CN2. The van der Waals surface area contributed by atoms with Crippen molar-refractivity contribution < 1.29 is 4.74 Å². The molecule has 1 spiro atoms. The predicted octanol–water partition coefficient (Wildman–Crippen LogP) is 2.02. The van der Waals surface area contributed by atoms with Gasteiger partial charge < -0.3 is 15.4 Å². The summed E-state index contributed by atoms with van der Waals surface area (Å²) in [5.74, 6) is 0.985. The summed E-state index contributed by atoms with van der Waals surface area (Å²) in [7, 11) is 0. The van der Waals surface area contributed by atoms with Crippen molar-refractivity contribution in [2.45, 2.75) is 19.8 Å². The number of nitrogens with one attached hydrogen (secondary N) is 2. The van der Waals surface area contributed by atoms with E-state index in [9.17, 15) is 0 Å². The molecule has 0 aliphatic carbocycles. The van der Waals surface area contributed by atoms with E-state index in [1.165, 1.54) is 5.56 Å². The average molecular weight is 233 g/mol. The van der Waals surface area contributed by atoms with E-state index in [2.05, 4.69) is 28.6 Å². The van der Waals surface area contributed by atoms with E-state index >= 15 is 0 Å². The predicted molar refractivity (Wildman–Crippen MR) is 68.4 cm³/mol. The van der Waals surface area contributed by atoms with Gasteiger partial charge >= 0.3 is 0 Å². The van der Waals surface area contributed by atoms with E-state index < -0.39 is 0 Å². The van der Waals surface area contributed by atoms with Crippen molar-refractivity contribution in [2.24, 2.45) is 5.41 Å². The summed E-state index contributed by atoms with van der Waals surface area (Å²) in [6.07, 6.45) is 4.16. The van der Waals surface area contributed by atoms with Crippen molar-refractivity contribution >= 4 is 11.5 Å². The zero-order valence-corrected chi connectivity index (χ0v) is 10.3. The Balaban J connectivity index is 1.82. The molecule has 4 nitrogen and oxygen atoms in total. The van der Waals surface area contributed by atoms with Gasteiger partial charge in [-0.25, -0.2) is 4.98 Å². The van der Waals surface area contributed by atoms with Gasteiger partial charge in [-0.2, -0.15) is 0 Å². The van der Waals surface area contributed by atoms with E-state index in [1.807, 2.05) is 6.20 Å². The van der Waals surface area contributed by atoms with Gasteiger partial charge in [-0.05, 0) is 31.4 Å². The minimum Gasteiger partial charge on any atom is -0.381 e. The fourth-order valence-corrected chi connectivity index (χ4v) is 2.62. The van der Waals surface area contributed by atoms with Gasteiger partial charge in [0.2, 0.25) is 0 Å². The third-order valence-electron chi connectivity index (χ3n) is 3.86. The maximum atomic E-state index is 5.46. The Bertz CT molecular complexity index is 413. The number of rotatable bonds is 0. The van der Waals surface area contributed by atoms with Crippen molar-refractivity contribution in [3.63, 3.8) is 0 Å². The molecule has 17 heavy (non-hydrogen) atoms. The summed E-state index contributed by atoms with van der Waals surface area (Å²) >= 11 is 0. The number of nitrogens with zero attached hydrogens (tertiary/aromatic N) is 1. The van der Waals surface area contributed by atoms with Crippen molar-refractivity contribution in [3.05, 3.63) is 17.8 Å². The van der Waals surface area contributed by atoms with Crippen molar-refractivity contribution in [1.82, 2.24) is 4.98 Å². The van der Waals surface area contributed by atoms with Crippen molar-refractivity contribution in [1.29, 1.82) is 0 Å². The normalized spacial score (nSPS) is 22.2. The monoisotopic (exact) mass is 233 g/mol. The second-order valence-corrected chi connectivity index (χ2v) is 5.23. The Morgan fingerprint density at radius 2 is 2.00 bits per heavy atom. The first-order chi connectivity index (χ1) is 8.27. The molecule has 92 valence electrons. The van der Waals surface area contributed by atoms with E-state index in [1.54, 1.807) is 0 Å². The number of hydrogen-bond acceptors (Lipinski definition) is 4. The molecule has 0 unspecified atom stereocenters. The summed E-state index contributed by atoms with van der Waals surface area (Å²) in [5.41, 5.74) is 2.65. The van der Waals surface area contributed by atoms with Crippen LogP contribution in [0, 0.1) is 12.3 Å². The zero-order chi connectivity index (χ0) is 11.7. The van der Waals surface area contributed by atoms with Crippen LogP contribution in [-0.2, 0) is 4.74 Å². The number of aromatic nitrogens is 1. The molecule has 0 saturated carbocycles. The molecule has 0 radical (unpaired) electrons. The number of fused-ring (bicyclic) bond motifs is 1. The Hall–Kier alpha value is -1.29. The fourth-order valence-electron chi connectivity index (χ4n) is 2.62. The minimum absolute atomic E-state index is 0.326. The highest BCUT2D eigenvalue weighted by Crippen LogP contribution is 2.35. The summed E-state index contributed by atoms with van der Waals surface area (Å²) in [6, 6.07) is 2.16. The summed E-state index contributed by atoms with van der Waals surface area (Å²) < 4.78 is 5.46.